The third kappa shape index (κ3) is 4.74. The Hall–Kier alpha value is -2.32. The highest BCUT2D eigenvalue weighted by Crippen LogP contribution is 2.29. The van der Waals surface area contributed by atoms with E-state index < -0.39 is 0 Å². The normalized spacial score (nSPS) is 11.4. The van der Waals surface area contributed by atoms with Gasteiger partial charge in [-0.05, 0) is 69.1 Å². The summed E-state index contributed by atoms with van der Waals surface area (Å²) in [6.45, 7) is 15.2. The molecule has 0 aliphatic carbocycles. The Kier molecular flexibility index (Phi) is 6.74. The van der Waals surface area contributed by atoms with Crippen LogP contribution in [-0.4, -0.2) is 22.6 Å². The van der Waals surface area contributed by atoms with Crippen LogP contribution in [0, 0.1) is 6.92 Å². The van der Waals surface area contributed by atoms with Gasteiger partial charge >= 0.3 is 0 Å². The van der Waals surface area contributed by atoms with Crippen molar-refractivity contribution in [2.45, 2.75) is 54.1 Å². The molecule has 0 amide bonds. The summed E-state index contributed by atoms with van der Waals surface area (Å²) in [7, 11) is 0. The van der Waals surface area contributed by atoms with Gasteiger partial charge in [0, 0.05) is 30.2 Å². The largest absolute Gasteiger partial charge is 0.343 e. The molecular weight excluding hydrogens is 340 g/mol. The third-order valence-electron chi connectivity index (χ3n) is 5.39. The van der Waals surface area contributed by atoms with Gasteiger partial charge in [-0.2, -0.15) is 0 Å². The van der Waals surface area contributed by atoms with Gasteiger partial charge in [0.15, 0.2) is 0 Å². The van der Waals surface area contributed by atoms with Crippen molar-refractivity contribution in [2.75, 3.05) is 13.1 Å². The lowest BCUT2D eigenvalue weighted by Crippen LogP contribution is -2.23. The maximum Gasteiger partial charge on any atom is 0.0487 e. The average Bonchev–Trinajstić information content (AvgIpc) is 3.03. The number of fused-ring (bicyclic) bond motifs is 1. The molecule has 148 valence electrons. The Morgan fingerprint density at radius 1 is 1.04 bits per heavy atom. The number of nitrogens with zero attached hydrogens (tertiary/aromatic N) is 2. The van der Waals surface area contributed by atoms with Gasteiger partial charge < -0.3 is 4.57 Å². The molecular formula is C26H34N2. The van der Waals surface area contributed by atoms with Crippen molar-refractivity contribution in [3.8, 4) is 11.1 Å². The van der Waals surface area contributed by atoms with E-state index in [1.165, 1.54) is 45.2 Å². The Morgan fingerprint density at radius 3 is 2.50 bits per heavy atom. The molecule has 0 atom stereocenters. The second-order valence-corrected chi connectivity index (χ2v) is 8.06. The number of aromatic nitrogens is 1. The molecule has 0 aliphatic heterocycles. The van der Waals surface area contributed by atoms with E-state index in [4.69, 9.17) is 0 Å². The van der Waals surface area contributed by atoms with Crippen molar-refractivity contribution in [3.05, 3.63) is 71.4 Å². The van der Waals surface area contributed by atoms with Crippen LogP contribution in [0.1, 0.15) is 45.2 Å². The number of hydrogen-bond donors (Lipinski definition) is 0. The van der Waals surface area contributed by atoms with Gasteiger partial charge in [0.05, 0.1) is 0 Å². The SMILES string of the molecule is CCCN(CC)Cc1cn(CC=C(C)C)c2ccc(-c3cccc(C)c3)cc12. The predicted octanol–water partition coefficient (Wildman–Crippen LogP) is 6.81. The maximum atomic E-state index is 2.54. The molecule has 0 unspecified atom stereocenters. The minimum absolute atomic E-state index is 0.933. The first-order valence-corrected chi connectivity index (χ1v) is 10.6. The van der Waals surface area contributed by atoms with Gasteiger partial charge in [-0.3, -0.25) is 4.90 Å². The Balaban J connectivity index is 2.07. The topological polar surface area (TPSA) is 8.17 Å². The van der Waals surface area contributed by atoms with Crippen LogP contribution in [-0.2, 0) is 13.1 Å². The van der Waals surface area contributed by atoms with Crippen LogP contribution in [0.25, 0.3) is 22.0 Å². The summed E-state index contributed by atoms with van der Waals surface area (Å²) in [6.07, 6.45) is 5.86. The predicted molar refractivity (Wildman–Crippen MR) is 123 cm³/mol. The van der Waals surface area contributed by atoms with Gasteiger partial charge in [0.2, 0.25) is 0 Å². The van der Waals surface area contributed by atoms with Crippen molar-refractivity contribution in [1.82, 2.24) is 9.47 Å². The molecule has 0 saturated heterocycles. The molecule has 28 heavy (non-hydrogen) atoms. The Labute approximate surface area is 170 Å². The van der Waals surface area contributed by atoms with Crippen LogP contribution in [0.15, 0.2) is 60.3 Å². The molecule has 2 aromatic carbocycles. The smallest absolute Gasteiger partial charge is 0.0487 e. The number of benzene rings is 2. The zero-order chi connectivity index (χ0) is 20.1. The zero-order valence-corrected chi connectivity index (χ0v) is 18.1. The van der Waals surface area contributed by atoms with Gasteiger partial charge in [0.25, 0.3) is 0 Å². The molecule has 2 heteroatoms. The molecule has 0 fully saturated rings. The van der Waals surface area contributed by atoms with E-state index in [1.54, 1.807) is 0 Å². The first-order valence-electron chi connectivity index (χ1n) is 10.6. The Morgan fingerprint density at radius 2 is 1.82 bits per heavy atom. The van der Waals surface area contributed by atoms with E-state index in [0.717, 1.165) is 26.2 Å². The summed E-state index contributed by atoms with van der Waals surface area (Å²) >= 11 is 0. The van der Waals surface area contributed by atoms with Gasteiger partial charge in [0.1, 0.15) is 0 Å². The molecule has 3 rings (SSSR count). The molecule has 2 nitrogen and oxygen atoms in total. The fourth-order valence-corrected chi connectivity index (χ4v) is 3.84. The minimum Gasteiger partial charge on any atom is -0.343 e. The highest BCUT2D eigenvalue weighted by molar-refractivity contribution is 5.88. The van der Waals surface area contributed by atoms with Gasteiger partial charge in [-0.25, -0.2) is 0 Å². The summed E-state index contributed by atoms with van der Waals surface area (Å²) in [4.78, 5) is 2.54. The molecule has 0 N–H and O–H groups in total. The van der Waals surface area contributed by atoms with Gasteiger partial charge in [-0.1, -0.05) is 61.4 Å². The lowest BCUT2D eigenvalue weighted by molar-refractivity contribution is 0.281. The van der Waals surface area contributed by atoms with Crippen molar-refractivity contribution >= 4 is 10.9 Å². The van der Waals surface area contributed by atoms with Crippen molar-refractivity contribution in [3.63, 3.8) is 0 Å². The average molecular weight is 375 g/mol. The summed E-state index contributed by atoms with van der Waals surface area (Å²) in [5.41, 5.74) is 8.03. The van der Waals surface area contributed by atoms with Crippen LogP contribution >= 0.6 is 0 Å². The summed E-state index contributed by atoms with van der Waals surface area (Å²) < 4.78 is 2.40. The molecule has 0 saturated carbocycles. The molecule has 1 aromatic heterocycles. The van der Waals surface area contributed by atoms with E-state index in [2.05, 4.69) is 98.8 Å². The van der Waals surface area contributed by atoms with Crippen molar-refractivity contribution in [2.24, 2.45) is 0 Å². The lowest BCUT2D eigenvalue weighted by Gasteiger charge is -2.19. The summed E-state index contributed by atoms with van der Waals surface area (Å²) in [6, 6.07) is 15.7. The van der Waals surface area contributed by atoms with Crippen molar-refractivity contribution in [1.29, 1.82) is 0 Å². The first-order chi connectivity index (χ1) is 13.5. The van der Waals surface area contributed by atoms with Crippen molar-refractivity contribution < 1.29 is 0 Å². The standard InChI is InChI=1S/C26H34N2/c1-6-14-27(7-2)18-24-19-28(15-13-20(3)4)26-12-11-23(17-25(24)26)22-10-8-9-21(5)16-22/h8-13,16-17,19H,6-7,14-15,18H2,1-5H3. The molecule has 0 aliphatic rings. The van der Waals surface area contributed by atoms with E-state index in [0.29, 0.717) is 0 Å². The summed E-state index contributed by atoms with van der Waals surface area (Å²) in [5, 5.41) is 1.38. The fourth-order valence-electron chi connectivity index (χ4n) is 3.84. The number of aryl methyl sites for hydroxylation is 1. The molecule has 3 aromatic rings. The monoisotopic (exact) mass is 374 g/mol. The van der Waals surface area contributed by atoms with E-state index in [1.807, 2.05) is 0 Å². The first kappa shape index (κ1) is 20.4. The third-order valence-corrected chi connectivity index (χ3v) is 5.39. The fraction of sp³-hybridized carbons (Fsp3) is 0.385. The van der Waals surface area contributed by atoms with Crippen LogP contribution in [0.3, 0.4) is 0 Å². The van der Waals surface area contributed by atoms with Crippen LogP contribution < -0.4 is 0 Å². The molecule has 0 radical (unpaired) electrons. The van der Waals surface area contributed by atoms with Crippen LogP contribution in [0.5, 0.6) is 0 Å². The van der Waals surface area contributed by atoms with Crippen LogP contribution in [0.4, 0.5) is 0 Å². The second-order valence-electron chi connectivity index (χ2n) is 8.06. The quantitative estimate of drug-likeness (QED) is 0.393. The van der Waals surface area contributed by atoms with Gasteiger partial charge in [-0.15, -0.1) is 0 Å². The van der Waals surface area contributed by atoms with E-state index in [-0.39, 0.29) is 0 Å². The summed E-state index contributed by atoms with van der Waals surface area (Å²) in [5.74, 6) is 0. The van der Waals surface area contributed by atoms with E-state index >= 15 is 0 Å². The minimum atomic E-state index is 0.933. The molecule has 0 bridgehead atoms. The lowest BCUT2D eigenvalue weighted by atomic mass is 10.0. The molecule has 1 heterocycles. The zero-order valence-electron chi connectivity index (χ0n) is 18.1. The molecule has 0 spiro atoms. The highest BCUT2D eigenvalue weighted by Gasteiger charge is 2.12. The highest BCUT2D eigenvalue weighted by atomic mass is 15.1. The number of rotatable bonds is 8. The second kappa shape index (κ2) is 9.25. The maximum absolute atomic E-state index is 2.54. The number of hydrogen-bond acceptors (Lipinski definition) is 1. The van der Waals surface area contributed by atoms with E-state index in [9.17, 15) is 0 Å². The Bertz CT molecular complexity index is 958. The van der Waals surface area contributed by atoms with Crippen LogP contribution in [0.2, 0.25) is 0 Å². The number of allylic oxidation sites excluding steroid dienone is 2.